The van der Waals surface area contributed by atoms with Crippen molar-refractivity contribution in [1.29, 1.82) is 5.41 Å². The van der Waals surface area contributed by atoms with E-state index in [1.54, 1.807) is 12.1 Å². The molecule has 2 aromatic rings. The van der Waals surface area contributed by atoms with E-state index in [1.165, 1.54) is 11.8 Å². The molecule has 3 rings (SSSR count). The fourth-order valence-electron chi connectivity index (χ4n) is 2.57. The number of carbonyl (C=O) groups excluding carboxylic acids is 1. The molecule has 0 heterocycles. The van der Waals surface area contributed by atoms with Crippen molar-refractivity contribution >= 4 is 28.6 Å². The van der Waals surface area contributed by atoms with Crippen LogP contribution in [-0.2, 0) is 0 Å². The van der Waals surface area contributed by atoms with Gasteiger partial charge in [0.2, 0.25) is 0 Å². The van der Waals surface area contributed by atoms with Crippen LogP contribution in [-0.4, -0.2) is 32.6 Å². The molecule has 0 bridgehead atoms. The van der Waals surface area contributed by atoms with Crippen molar-refractivity contribution < 1.29 is 4.79 Å². The Hall–Kier alpha value is -2.72. The second kappa shape index (κ2) is 5.48. The van der Waals surface area contributed by atoms with Crippen LogP contribution in [0.2, 0.25) is 0 Å². The number of ketones is 1. The summed E-state index contributed by atoms with van der Waals surface area (Å²) in [5.74, 6) is -0.0467. The number of benzene rings is 2. The third-order valence-electron chi connectivity index (χ3n) is 3.89. The molecule has 0 saturated heterocycles. The first-order valence-electron chi connectivity index (χ1n) is 7.49. The lowest BCUT2D eigenvalue weighted by Gasteiger charge is -2.24. The van der Waals surface area contributed by atoms with Crippen LogP contribution in [0.3, 0.4) is 0 Å². The van der Waals surface area contributed by atoms with E-state index in [0.29, 0.717) is 16.8 Å². The molecule has 0 radical (unpaired) electrons. The van der Waals surface area contributed by atoms with Crippen molar-refractivity contribution in [2.45, 2.75) is 0 Å². The Kier molecular flexibility index (Phi) is 3.62. The number of hydrogen-bond donors (Lipinski definition) is 2. The second-order valence-corrected chi connectivity index (χ2v) is 6.56. The summed E-state index contributed by atoms with van der Waals surface area (Å²) in [6.45, 7) is 0. The lowest BCUT2D eigenvalue weighted by atomic mass is 9.94. The van der Waals surface area contributed by atoms with Gasteiger partial charge in [-0.15, -0.1) is 0 Å². The number of quaternary nitrogens is 1. The van der Waals surface area contributed by atoms with E-state index in [2.05, 4.69) is 38.6 Å². The second-order valence-electron chi connectivity index (χ2n) is 6.56. The van der Waals surface area contributed by atoms with Gasteiger partial charge >= 0.3 is 0 Å². The van der Waals surface area contributed by atoms with E-state index in [0.717, 1.165) is 15.9 Å². The van der Waals surface area contributed by atoms with Gasteiger partial charge in [0.1, 0.15) is 5.69 Å². The Bertz CT molecular complexity index is 829. The molecule has 0 aliphatic heterocycles. The number of rotatable bonds is 3. The van der Waals surface area contributed by atoms with Crippen molar-refractivity contribution in [2.75, 3.05) is 26.5 Å². The highest BCUT2D eigenvalue weighted by molar-refractivity contribution is 6.23. The minimum atomic E-state index is -0.0467. The van der Waals surface area contributed by atoms with Gasteiger partial charge in [0.25, 0.3) is 0 Å². The van der Waals surface area contributed by atoms with Crippen LogP contribution < -0.4 is 9.80 Å². The topological polar surface area (TPSA) is 53.0 Å². The number of nitrogens with zero attached hydrogens (tertiary/aromatic N) is 1. The summed E-state index contributed by atoms with van der Waals surface area (Å²) >= 11 is 0. The molecule has 0 saturated carbocycles. The molecule has 2 aromatic carbocycles. The zero-order chi connectivity index (χ0) is 16.6. The van der Waals surface area contributed by atoms with Gasteiger partial charge in [0.05, 0.1) is 26.9 Å². The summed E-state index contributed by atoms with van der Waals surface area (Å²) in [5.41, 5.74) is 4.67. The van der Waals surface area contributed by atoms with E-state index in [1.807, 2.05) is 24.3 Å². The highest BCUT2D eigenvalue weighted by Gasteiger charge is 2.17. The minimum absolute atomic E-state index is 0.0467. The summed E-state index contributed by atoms with van der Waals surface area (Å²) in [7, 11) is 6.37. The molecule has 116 valence electrons. The van der Waals surface area contributed by atoms with Crippen LogP contribution in [0.1, 0.15) is 15.9 Å². The number of anilines is 2. The molecule has 0 amide bonds. The Labute approximate surface area is 136 Å². The lowest BCUT2D eigenvalue weighted by molar-refractivity contribution is 0.104. The average Bonchev–Trinajstić information content (AvgIpc) is 2.51. The highest BCUT2D eigenvalue weighted by atomic mass is 16.1. The molecule has 2 N–H and O–H groups in total. The minimum Gasteiger partial charge on any atom is -0.355 e. The van der Waals surface area contributed by atoms with Crippen molar-refractivity contribution in [3.8, 4) is 0 Å². The number of hydrogen-bond acceptors (Lipinski definition) is 3. The molecule has 0 fully saturated rings. The van der Waals surface area contributed by atoms with Gasteiger partial charge in [0.15, 0.2) is 5.78 Å². The van der Waals surface area contributed by atoms with Crippen molar-refractivity contribution in [3.05, 3.63) is 65.7 Å². The van der Waals surface area contributed by atoms with Gasteiger partial charge in [-0.1, -0.05) is 6.07 Å². The molecule has 0 aromatic heterocycles. The van der Waals surface area contributed by atoms with Gasteiger partial charge in [-0.25, -0.2) is 0 Å². The predicted molar refractivity (Wildman–Crippen MR) is 96.0 cm³/mol. The van der Waals surface area contributed by atoms with Crippen LogP contribution in [0.5, 0.6) is 0 Å². The molecule has 4 heteroatoms. The smallest absolute Gasteiger partial charge is 0.186 e. The molecule has 1 aliphatic rings. The largest absolute Gasteiger partial charge is 0.355 e. The SMILES string of the molecule is C[N+](C)(C)c1cccc(Nc2ccc3c(c2)C(=N)C=CC3=O)c1. The molecule has 0 atom stereocenters. The van der Waals surface area contributed by atoms with Gasteiger partial charge < -0.3 is 10.7 Å². The summed E-state index contributed by atoms with van der Waals surface area (Å²) in [6.07, 6.45) is 2.99. The molecule has 4 nitrogen and oxygen atoms in total. The Balaban J connectivity index is 1.92. The molecule has 1 aliphatic carbocycles. The summed E-state index contributed by atoms with van der Waals surface area (Å²) < 4.78 is 0.740. The van der Waals surface area contributed by atoms with Crippen molar-refractivity contribution in [3.63, 3.8) is 0 Å². The summed E-state index contributed by atoms with van der Waals surface area (Å²) in [4.78, 5) is 11.8. The van der Waals surface area contributed by atoms with Gasteiger partial charge in [-0.3, -0.25) is 9.28 Å². The maximum atomic E-state index is 11.8. The predicted octanol–water partition coefficient (Wildman–Crippen LogP) is 3.75. The quantitative estimate of drug-likeness (QED) is 0.849. The fraction of sp³-hybridized carbons (Fsp3) is 0.158. The fourth-order valence-corrected chi connectivity index (χ4v) is 2.57. The normalized spacial score (nSPS) is 13.9. The standard InChI is InChI=1S/C19H19N3O/c1-22(2,3)15-6-4-5-13(11-15)21-14-7-8-16-17(12-14)18(20)9-10-19(16)23/h4-12,20H,1-3H3/p+1. The van der Waals surface area contributed by atoms with Crippen LogP contribution >= 0.6 is 0 Å². The first-order chi connectivity index (χ1) is 10.8. The van der Waals surface area contributed by atoms with Gasteiger partial charge in [-0.05, 0) is 42.5 Å². The summed E-state index contributed by atoms with van der Waals surface area (Å²) in [5, 5.41) is 11.3. The van der Waals surface area contributed by atoms with E-state index >= 15 is 0 Å². The van der Waals surface area contributed by atoms with Gasteiger partial charge in [0, 0.05) is 28.6 Å². The van der Waals surface area contributed by atoms with E-state index in [-0.39, 0.29) is 5.78 Å². The summed E-state index contributed by atoms with van der Waals surface area (Å²) in [6, 6.07) is 13.7. The van der Waals surface area contributed by atoms with Crippen molar-refractivity contribution in [2.24, 2.45) is 0 Å². The van der Waals surface area contributed by atoms with Crippen LogP contribution in [0.25, 0.3) is 0 Å². The van der Waals surface area contributed by atoms with Crippen LogP contribution in [0, 0.1) is 5.41 Å². The zero-order valence-electron chi connectivity index (χ0n) is 13.6. The first kappa shape index (κ1) is 15.2. The monoisotopic (exact) mass is 306 g/mol. The molecule has 0 unspecified atom stereocenters. The average molecular weight is 306 g/mol. The number of carbonyl (C=O) groups is 1. The Morgan fingerprint density at radius 3 is 2.39 bits per heavy atom. The zero-order valence-corrected chi connectivity index (χ0v) is 13.6. The van der Waals surface area contributed by atoms with Gasteiger partial charge in [-0.2, -0.15) is 0 Å². The number of fused-ring (bicyclic) bond motifs is 1. The molecule has 0 spiro atoms. The molecular weight excluding hydrogens is 286 g/mol. The van der Waals surface area contributed by atoms with Crippen molar-refractivity contribution in [1.82, 2.24) is 4.48 Å². The molecule has 23 heavy (non-hydrogen) atoms. The van der Waals surface area contributed by atoms with Crippen LogP contribution in [0.15, 0.2) is 54.6 Å². The van der Waals surface area contributed by atoms with E-state index < -0.39 is 0 Å². The first-order valence-corrected chi connectivity index (χ1v) is 7.49. The number of allylic oxidation sites excluding steroid dienone is 2. The van der Waals surface area contributed by atoms with E-state index in [4.69, 9.17) is 5.41 Å². The third-order valence-corrected chi connectivity index (χ3v) is 3.89. The number of nitrogens with one attached hydrogen (secondary N) is 2. The van der Waals surface area contributed by atoms with Crippen LogP contribution in [0.4, 0.5) is 17.1 Å². The lowest BCUT2D eigenvalue weighted by Crippen LogP contribution is -2.34. The Morgan fingerprint density at radius 2 is 1.65 bits per heavy atom. The van der Waals surface area contributed by atoms with E-state index in [9.17, 15) is 4.79 Å². The maximum absolute atomic E-state index is 11.8. The maximum Gasteiger partial charge on any atom is 0.186 e. The third kappa shape index (κ3) is 3.07. The highest BCUT2D eigenvalue weighted by Crippen LogP contribution is 2.26. The Morgan fingerprint density at radius 1 is 0.913 bits per heavy atom. The molecular formula is C19H20N3O+.